The molecule has 1 aromatic carbocycles. The van der Waals surface area contributed by atoms with Gasteiger partial charge in [0.05, 0.1) is 13.0 Å². The van der Waals surface area contributed by atoms with Crippen molar-refractivity contribution >= 4 is 23.6 Å². The highest BCUT2D eigenvalue weighted by Crippen LogP contribution is 2.16. The Hall–Kier alpha value is -2.94. The number of carbonyl (C=O) groups is 4. The van der Waals surface area contributed by atoms with Crippen LogP contribution in [0.15, 0.2) is 24.3 Å². The summed E-state index contributed by atoms with van der Waals surface area (Å²) in [5.41, 5.74) is 0.483. The number of benzene rings is 1. The lowest BCUT2D eigenvalue weighted by atomic mass is 10.1. The minimum absolute atomic E-state index is 0.0779. The maximum absolute atomic E-state index is 12.5. The van der Waals surface area contributed by atoms with Crippen molar-refractivity contribution in [3.8, 4) is 5.75 Å². The smallest absolute Gasteiger partial charge is 0.324 e. The van der Waals surface area contributed by atoms with Gasteiger partial charge in [-0.25, -0.2) is 4.79 Å². The summed E-state index contributed by atoms with van der Waals surface area (Å²) in [6.45, 7) is 2.40. The van der Waals surface area contributed by atoms with Crippen molar-refractivity contribution < 1.29 is 29.0 Å². The summed E-state index contributed by atoms with van der Waals surface area (Å²) in [5.74, 6) is -0.384. The van der Waals surface area contributed by atoms with Gasteiger partial charge in [-0.1, -0.05) is 12.1 Å². The van der Waals surface area contributed by atoms with Gasteiger partial charge in [-0.05, 0) is 31.9 Å². The zero-order valence-electron chi connectivity index (χ0n) is 16.3. The molecule has 2 saturated heterocycles. The van der Waals surface area contributed by atoms with Crippen LogP contribution >= 0.6 is 0 Å². The van der Waals surface area contributed by atoms with Crippen LogP contribution in [0, 0.1) is 0 Å². The van der Waals surface area contributed by atoms with Crippen LogP contribution in [0.5, 0.6) is 5.75 Å². The number of β-amino-alcohol motifs (C(OH)–C–C–N with tert-alkyl or cyclic N) is 1. The molecule has 2 aliphatic heterocycles. The Kier molecular flexibility index (Phi) is 6.48. The maximum Gasteiger partial charge on any atom is 0.324 e. The van der Waals surface area contributed by atoms with Crippen molar-refractivity contribution in [1.29, 1.82) is 0 Å². The number of carbonyl (C=O) groups excluding carboxylic acids is 4. The number of urea groups is 1. The lowest BCUT2D eigenvalue weighted by Crippen LogP contribution is -2.41. The number of ether oxygens (including phenoxy) is 1. The zero-order chi connectivity index (χ0) is 21.0. The third kappa shape index (κ3) is 5.11. The van der Waals surface area contributed by atoms with Gasteiger partial charge in [-0.2, -0.15) is 0 Å². The summed E-state index contributed by atoms with van der Waals surface area (Å²) in [5, 5.41) is 12.7. The molecule has 0 spiro atoms. The molecule has 1 aromatic rings. The Bertz CT molecular complexity index is 805. The van der Waals surface area contributed by atoms with Crippen molar-refractivity contribution in [2.24, 2.45) is 0 Å². The first-order chi connectivity index (χ1) is 13.8. The van der Waals surface area contributed by atoms with Crippen LogP contribution in [0.3, 0.4) is 0 Å². The highest BCUT2D eigenvalue weighted by molar-refractivity contribution is 6.05. The van der Waals surface area contributed by atoms with Gasteiger partial charge in [0.1, 0.15) is 24.5 Å². The van der Waals surface area contributed by atoms with Crippen molar-refractivity contribution in [3.63, 3.8) is 0 Å². The van der Waals surface area contributed by atoms with Crippen molar-refractivity contribution in [3.05, 3.63) is 29.8 Å². The number of ketones is 1. The molecule has 0 radical (unpaired) electrons. The molecular weight excluding hydrogens is 378 g/mol. The Morgan fingerprint density at radius 1 is 1.28 bits per heavy atom. The van der Waals surface area contributed by atoms with Crippen LogP contribution in [0.2, 0.25) is 0 Å². The number of imide groups is 1. The predicted molar refractivity (Wildman–Crippen MR) is 102 cm³/mol. The van der Waals surface area contributed by atoms with Gasteiger partial charge >= 0.3 is 6.03 Å². The molecule has 0 aliphatic carbocycles. The molecule has 0 unspecified atom stereocenters. The minimum Gasteiger partial charge on any atom is -0.491 e. The average Bonchev–Trinajstić information content (AvgIpc) is 3.32. The fourth-order valence-corrected chi connectivity index (χ4v) is 3.42. The molecule has 9 nitrogen and oxygen atoms in total. The van der Waals surface area contributed by atoms with Gasteiger partial charge in [-0.15, -0.1) is 0 Å². The third-order valence-electron chi connectivity index (χ3n) is 5.02. The van der Waals surface area contributed by atoms with Gasteiger partial charge in [0.15, 0.2) is 5.78 Å². The molecule has 0 bridgehead atoms. The first kappa shape index (κ1) is 20.8. The van der Waals surface area contributed by atoms with E-state index >= 15 is 0 Å². The first-order valence-electron chi connectivity index (χ1n) is 9.66. The molecule has 156 valence electrons. The summed E-state index contributed by atoms with van der Waals surface area (Å²) < 4.78 is 5.47. The van der Waals surface area contributed by atoms with Gasteiger partial charge in [0.25, 0.3) is 5.91 Å². The van der Waals surface area contributed by atoms with E-state index in [2.05, 4.69) is 5.32 Å². The fourth-order valence-electron chi connectivity index (χ4n) is 3.42. The monoisotopic (exact) mass is 403 g/mol. The largest absolute Gasteiger partial charge is 0.491 e. The van der Waals surface area contributed by atoms with Crippen LogP contribution < -0.4 is 10.1 Å². The fraction of sp³-hybridized carbons (Fsp3) is 0.500. The lowest BCUT2D eigenvalue weighted by molar-refractivity contribution is -0.135. The molecular formula is C20H25N3O6. The molecule has 0 saturated carbocycles. The molecule has 4 amide bonds. The summed E-state index contributed by atoms with van der Waals surface area (Å²) in [6, 6.07) is 4.98. The van der Waals surface area contributed by atoms with Gasteiger partial charge in [0.2, 0.25) is 5.91 Å². The molecule has 2 atom stereocenters. The average molecular weight is 403 g/mol. The molecule has 0 aromatic heterocycles. The number of likely N-dealkylation sites (tertiary alicyclic amines) is 1. The second kappa shape index (κ2) is 9.04. The Balaban J connectivity index is 1.50. The molecule has 3 rings (SSSR count). The number of nitrogens with one attached hydrogen (secondary N) is 1. The first-order valence-corrected chi connectivity index (χ1v) is 9.66. The Labute approximate surface area is 168 Å². The van der Waals surface area contributed by atoms with E-state index in [0.717, 1.165) is 17.7 Å². The van der Waals surface area contributed by atoms with Crippen LogP contribution in [0.1, 0.15) is 36.5 Å². The van der Waals surface area contributed by atoms with Crippen molar-refractivity contribution in [2.45, 2.75) is 38.3 Å². The number of hydrogen-bond donors (Lipinski definition) is 2. The zero-order valence-corrected chi connectivity index (χ0v) is 16.3. The Morgan fingerprint density at radius 2 is 2.00 bits per heavy atom. The lowest BCUT2D eigenvalue weighted by Gasteiger charge is -2.19. The number of aliphatic hydroxyl groups excluding tert-OH is 1. The van der Waals surface area contributed by atoms with Gasteiger partial charge < -0.3 is 20.1 Å². The second-order valence-electron chi connectivity index (χ2n) is 7.29. The van der Waals surface area contributed by atoms with E-state index in [0.29, 0.717) is 24.4 Å². The SMILES string of the molecule is CC(=O)c1cccc(OC[C@@H](O)CN2C(=O)N[C@H](CC(=O)N3CCCC3)C2=O)c1. The van der Waals surface area contributed by atoms with E-state index < -0.39 is 24.1 Å². The topological polar surface area (TPSA) is 116 Å². The molecule has 29 heavy (non-hydrogen) atoms. The van der Waals surface area contributed by atoms with Crippen LogP contribution in [-0.2, 0) is 9.59 Å². The number of nitrogens with zero attached hydrogens (tertiary/aromatic N) is 2. The molecule has 2 N–H and O–H groups in total. The normalized spacial score (nSPS) is 20.0. The maximum atomic E-state index is 12.5. The van der Waals surface area contributed by atoms with Gasteiger partial charge in [0, 0.05) is 18.7 Å². The standard InChI is InChI=1S/C20H25N3O6/c1-13(24)14-5-4-6-16(9-14)29-12-15(25)11-23-19(27)17(21-20(23)28)10-18(26)22-7-2-3-8-22/h4-6,9,15,17,25H,2-3,7-8,10-12H2,1H3,(H,21,28)/t15-,17+/m0/s1. The van der Waals surface area contributed by atoms with Crippen LogP contribution in [0.4, 0.5) is 4.79 Å². The number of amides is 4. The molecule has 2 fully saturated rings. The summed E-state index contributed by atoms with van der Waals surface area (Å²) in [6.07, 6.45) is 0.707. The van der Waals surface area contributed by atoms with Crippen LogP contribution in [-0.4, -0.2) is 76.9 Å². The number of rotatable bonds is 8. The Morgan fingerprint density at radius 3 is 2.69 bits per heavy atom. The van der Waals surface area contributed by atoms with E-state index in [4.69, 9.17) is 4.74 Å². The summed E-state index contributed by atoms with van der Waals surface area (Å²) >= 11 is 0. The summed E-state index contributed by atoms with van der Waals surface area (Å²) in [4.78, 5) is 50.8. The quantitative estimate of drug-likeness (QED) is 0.484. The predicted octanol–water partition coefficient (Wildman–Crippen LogP) is 0.562. The van der Waals surface area contributed by atoms with E-state index in [9.17, 15) is 24.3 Å². The van der Waals surface area contributed by atoms with Crippen molar-refractivity contribution in [2.75, 3.05) is 26.2 Å². The molecule has 2 heterocycles. The van der Waals surface area contributed by atoms with Crippen LogP contribution in [0.25, 0.3) is 0 Å². The highest BCUT2D eigenvalue weighted by atomic mass is 16.5. The van der Waals surface area contributed by atoms with E-state index in [-0.39, 0.29) is 31.3 Å². The molecule has 9 heteroatoms. The van der Waals surface area contributed by atoms with Gasteiger partial charge in [-0.3, -0.25) is 19.3 Å². The number of hydrogen-bond acceptors (Lipinski definition) is 6. The summed E-state index contributed by atoms with van der Waals surface area (Å²) in [7, 11) is 0. The van der Waals surface area contributed by atoms with E-state index in [1.165, 1.54) is 6.92 Å². The molecule has 2 aliphatic rings. The van der Waals surface area contributed by atoms with Crippen molar-refractivity contribution in [1.82, 2.24) is 15.1 Å². The second-order valence-corrected chi connectivity index (χ2v) is 7.29. The third-order valence-corrected chi connectivity index (χ3v) is 5.02. The van der Waals surface area contributed by atoms with E-state index in [1.807, 2.05) is 0 Å². The van der Waals surface area contributed by atoms with E-state index in [1.54, 1.807) is 29.2 Å². The number of aliphatic hydroxyl groups is 1. The highest BCUT2D eigenvalue weighted by Gasteiger charge is 2.40. The number of Topliss-reactive ketones (excluding diaryl/α,β-unsaturated/α-hetero) is 1. The minimum atomic E-state index is -1.11.